The lowest BCUT2D eigenvalue weighted by Gasteiger charge is -1.92. The molecule has 0 unspecified atom stereocenters. The van der Waals surface area contributed by atoms with E-state index in [-0.39, 0.29) is 0 Å². The molecule has 0 spiro atoms. The molecule has 0 saturated heterocycles. The van der Waals surface area contributed by atoms with Crippen LogP contribution in [-0.2, 0) is 10.4 Å². The van der Waals surface area contributed by atoms with Crippen molar-refractivity contribution < 1.29 is 17.5 Å². The minimum Gasteiger partial charge on any atom is -0.264 e. The highest BCUT2D eigenvalue weighted by Crippen LogP contribution is 2.24. The smallest absolute Gasteiger partial charge is 0.264 e. The fraction of sp³-hybridized carbons (Fsp3) is 0. The molecule has 0 atom stereocenters. The van der Waals surface area contributed by atoms with E-state index < -0.39 is 10.4 Å². The summed E-state index contributed by atoms with van der Waals surface area (Å²) in [7, 11) is -4.67. The Hall–Kier alpha value is -0.0400. The number of benzene rings is 1. The number of hydrogen-bond donors (Lipinski definition) is 2. The fourth-order valence-electron chi connectivity index (χ4n) is 0.470. The summed E-state index contributed by atoms with van der Waals surface area (Å²) in [5.41, 5.74) is 0. The third kappa shape index (κ3) is 8.55. The molecule has 0 aliphatic rings. The minimum absolute atomic E-state index is 0.490. The second-order valence-corrected chi connectivity index (χ2v) is 4.15. The van der Waals surface area contributed by atoms with Gasteiger partial charge in [0.2, 0.25) is 0 Å². The van der Waals surface area contributed by atoms with Crippen LogP contribution in [0.25, 0.3) is 0 Å². The van der Waals surface area contributed by atoms with E-state index in [9.17, 15) is 0 Å². The average Bonchev–Trinajstić information content (AvgIpc) is 1.94. The number of hydrogen-bond acceptors (Lipinski definition) is 2. The number of rotatable bonds is 0. The van der Waals surface area contributed by atoms with Crippen molar-refractivity contribution in [2.24, 2.45) is 0 Å². The molecule has 0 heterocycles. The second-order valence-electron chi connectivity index (χ2n) is 2.01. The molecule has 0 amide bonds. The standard InChI is InChI=1S/C6H3Cl3.H2O4S/c7-4-1-2-5(8)6(9)3-4;1-5(2,3)4/h1-3H;(H2,1,2,3,4). The lowest BCUT2D eigenvalue weighted by molar-refractivity contribution is 0.381. The Morgan fingerprint density at radius 1 is 1.00 bits per heavy atom. The predicted octanol–water partition coefficient (Wildman–Crippen LogP) is 2.99. The first-order chi connectivity index (χ1) is 6.20. The quantitative estimate of drug-likeness (QED) is 0.565. The molecule has 1 aromatic carbocycles. The van der Waals surface area contributed by atoms with Gasteiger partial charge in [-0.25, -0.2) is 0 Å². The van der Waals surface area contributed by atoms with Gasteiger partial charge in [-0.15, -0.1) is 0 Å². The summed E-state index contributed by atoms with van der Waals surface area (Å²) in [6, 6.07) is 4.95. The van der Waals surface area contributed by atoms with Crippen molar-refractivity contribution in [2.45, 2.75) is 0 Å². The molecule has 8 heteroatoms. The van der Waals surface area contributed by atoms with Crippen LogP contribution in [0.4, 0.5) is 0 Å². The normalized spacial score (nSPS) is 10.4. The lowest BCUT2D eigenvalue weighted by atomic mass is 10.4. The van der Waals surface area contributed by atoms with Gasteiger partial charge in [-0.1, -0.05) is 34.8 Å². The van der Waals surface area contributed by atoms with Crippen LogP contribution in [0.15, 0.2) is 18.2 Å². The van der Waals surface area contributed by atoms with Gasteiger partial charge in [0, 0.05) is 5.02 Å². The van der Waals surface area contributed by atoms with Crippen molar-refractivity contribution in [1.29, 1.82) is 0 Å². The van der Waals surface area contributed by atoms with Crippen molar-refractivity contribution >= 4 is 45.2 Å². The van der Waals surface area contributed by atoms with E-state index in [4.69, 9.17) is 52.3 Å². The average molecular weight is 280 g/mol. The SMILES string of the molecule is Clc1ccc(Cl)c(Cl)c1.O=S(=O)(O)O. The Morgan fingerprint density at radius 2 is 1.43 bits per heavy atom. The van der Waals surface area contributed by atoms with Crippen LogP contribution >= 0.6 is 34.8 Å². The first-order valence-electron chi connectivity index (χ1n) is 3.00. The molecule has 80 valence electrons. The first-order valence-corrected chi connectivity index (χ1v) is 5.53. The Balaban J connectivity index is 0.000000292. The topological polar surface area (TPSA) is 74.6 Å². The highest BCUT2D eigenvalue weighted by Gasteiger charge is 1.94. The minimum atomic E-state index is -4.67. The van der Waals surface area contributed by atoms with Crippen molar-refractivity contribution in [3.05, 3.63) is 33.3 Å². The lowest BCUT2D eigenvalue weighted by Crippen LogP contribution is -1.89. The maximum absolute atomic E-state index is 8.74. The van der Waals surface area contributed by atoms with Gasteiger partial charge in [-0.3, -0.25) is 9.11 Å². The summed E-state index contributed by atoms with van der Waals surface area (Å²) in [5, 5.41) is 1.62. The van der Waals surface area contributed by atoms with Crippen molar-refractivity contribution in [1.82, 2.24) is 0 Å². The van der Waals surface area contributed by atoms with E-state index in [0.29, 0.717) is 15.1 Å². The Kier molecular flexibility index (Phi) is 5.73. The molecule has 0 aromatic heterocycles. The van der Waals surface area contributed by atoms with Crippen molar-refractivity contribution in [3.8, 4) is 0 Å². The van der Waals surface area contributed by atoms with E-state index >= 15 is 0 Å². The summed E-state index contributed by atoms with van der Waals surface area (Å²) in [6.45, 7) is 0. The van der Waals surface area contributed by atoms with Crippen LogP contribution in [0.2, 0.25) is 15.1 Å². The Labute approximate surface area is 96.0 Å². The molecule has 1 aromatic rings. The summed E-state index contributed by atoms with van der Waals surface area (Å²) < 4.78 is 31.6. The van der Waals surface area contributed by atoms with E-state index in [1.54, 1.807) is 18.2 Å². The predicted molar refractivity (Wildman–Crippen MR) is 55.6 cm³/mol. The zero-order valence-corrected chi connectivity index (χ0v) is 9.57. The highest BCUT2D eigenvalue weighted by atomic mass is 35.5. The van der Waals surface area contributed by atoms with E-state index in [1.165, 1.54) is 0 Å². The molecular formula is C6H5Cl3O4S. The molecule has 14 heavy (non-hydrogen) atoms. The zero-order chi connectivity index (χ0) is 11.4. The molecule has 0 aliphatic heterocycles. The summed E-state index contributed by atoms with van der Waals surface area (Å²) in [5.74, 6) is 0. The van der Waals surface area contributed by atoms with Crippen LogP contribution in [0, 0.1) is 0 Å². The first kappa shape index (κ1) is 14.0. The molecule has 0 fully saturated rings. The Bertz CT molecular complexity index is 396. The van der Waals surface area contributed by atoms with Gasteiger partial charge in [-0.2, -0.15) is 8.42 Å². The van der Waals surface area contributed by atoms with Crippen molar-refractivity contribution in [2.75, 3.05) is 0 Å². The van der Waals surface area contributed by atoms with Crippen LogP contribution in [0.3, 0.4) is 0 Å². The van der Waals surface area contributed by atoms with E-state index in [1.807, 2.05) is 0 Å². The van der Waals surface area contributed by atoms with Gasteiger partial charge in [0.25, 0.3) is 0 Å². The zero-order valence-electron chi connectivity index (χ0n) is 6.49. The highest BCUT2D eigenvalue weighted by molar-refractivity contribution is 7.79. The maximum atomic E-state index is 8.74. The monoisotopic (exact) mass is 278 g/mol. The van der Waals surface area contributed by atoms with Crippen LogP contribution < -0.4 is 0 Å². The molecule has 0 radical (unpaired) electrons. The summed E-state index contributed by atoms with van der Waals surface area (Å²) in [4.78, 5) is 0. The van der Waals surface area contributed by atoms with Crippen molar-refractivity contribution in [3.63, 3.8) is 0 Å². The van der Waals surface area contributed by atoms with E-state index in [0.717, 1.165) is 0 Å². The van der Waals surface area contributed by atoms with Crippen LogP contribution in [0.1, 0.15) is 0 Å². The molecule has 0 bridgehead atoms. The van der Waals surface area contributed by atoms with Crippen LogP contribution in [-0.4, -0.2) is 17.5 Å². The molecule has 0 saturated carbocycles. The van der Waals surface area contributed by atoms with Gasteiger partial charge >= 0.3 is 10.4 Å². The third-order valence-electron chi connectivity index (χ3n) is 0.882. The maximum Gasteiger partial charge on any atom is 0.394 e. The number of halogens is 3. The Morgan fingerprint density at radius 3 is 1.71 bits per heavy atom. The summed E-state index contributed by atoms with van der Waals surface area (Å²) in [6.07, 6.45) is 0. The fourth-order valence-corrected chi connectivity index (χ4v) is 0.997. The molecule has 4 nitrogen and oxygen atoms in total. The van der Waals surface area contributed by atoms with Gasteiger partial charge < -0.3 is 0 Å². The third-order valence-corrected chi connectivity index (χ3v) is 1.86. The second kappa shape index (κ2) is 5.75. The largest absolute Gasteiger partial charge is 0.394 e. The van der Waals surface area contributed by atoms with Gasteiger partial charge in [-0.05, 0) is 18.2 Å². The van der Waals surface area contributed by atoms with Gasteiger partial charge in [0.15, 0.2) is 0 Å². The molecule has 1 rings (SSSR count). The van der Waals surface area contributed by atoms with Gasteiger partial charge in [0.05, 0.1) is 10.0 Å². The molecule has 2 N–H and O–H groups in total. The van der Waals surface area contributed by atoms with E-state index in [2.05, 4.69) is 0 Å². The summed E-state index contributed by atoms with van der Waals surface area (Å²) >= 11 is 16.8. The van der Waals surface area contributed by atoms with Crippen LogP contribution in [0.5, 0.6) is 0 Å². The van der Waals surface area contributed by atoms with Gasteiger partial charge in [0.1, 0.15) is 0 Å². The molecular weight excluding hydrogens is 274 g/mol. The molecule has 0 aliphatic carbocycles.